The molecule has 0 bridgehead atoms. The molecule has 0 aliphatic heterocycles. The third-order valence-electron chi connectivity index (χ3n) is 3.68. The molecule has 6 heteroatoms. The highest BCUT2D eigenvalue weighted by Crippen LogP contribution is 2.29. The van der Waals surface area contributed by atoms with Crippen molar-refractivity contribution < 1.29 is 14.6 Å². The number of aromatic hydroxyl groups is 1. The van der Waals surface area contributed by atoms with E-state index >= 15 is 0 Å². The van der Waals surface area contributed by atoms with E-state index in [1.54, 1.807) is 23.9 Å². The zero-order valence-electron chi connectivity index (χ0n) is 13.4. The van der Waals surface area contributed by atoms with Crippen LogP contribution in [0.3, 0.4) is 0 Å². The quantitative estimate of drug-likeness (QED) is 0.724. The van der Waals surface area contributed by atoms with Crippen molar-refractivity contribution in [3.63, 3.8) is 0 Å². The van der Waals surface area contributed by atoms with Gasteiger partial charge < -0.3 is 15.2 Å². The molecule has 0 saturated carbocycles. The van der Waals surface area contributed by atoms with Gasteiger partial charge in [-0.15, -0.1) is 0 Å². The molecule has 1 aromatic heterocycles. The number of phenolic OH excluding ortho intramolecular Hbond substituents is 1. The molecular weight excluding hydrogens is 306 g/mol. The Morgan fingerprint density at radius 2 is 1.96 bits per heavy atom. The number of carbonyl (C=O) groups is 1. The van der Waals surface area contributed by atoms with Crippen LogP contribution in [-0.2, 0) is 7.05 Å². The largest absolute Gasteiger partial charge is 0.506 e. The first-order valence-electron chi connectivity index (χ1n) is 7.36. The SMILES string of the molecule is COc1ccc(O)c(NC(=O)c2cnn(C)c2-c2ccccc2)c1. The van der Waals surface area contributed by atoms with Crippen LogP contribution >= 0.6 is 0 Å². The molecular formula is C18H17N3O3. The first-order valence-corrected chi connectivity index (χ1v) is 7.36. The first kappa shape index (κ1) is 15.6. The molecule has 3 aromatic rings. The summed E-state index contributed by atoms with van der Waals surface area (Å²) in [5.74, 6) is 0.150. The number of anilines is 1. The number of nitrogens with one attached hydrogen (secondary N) is 1. The lowest BCUT2D eigenvalue weighted by atomic mass is 10.1. The second-order valence-electron chi connectivity index (χ2n) is 5.23. The van der Waals surface area contributed by atoms with Crippen molar-refractivity contribution in [3.05, 3.63) is 60.3 Å². The summed E-state index contributed by atoms with van der Waals surface area (Å²) in [5, 5.41) is 16.8. The van der Waals surface area contributed by atoms with Crippen molar-refractivity contribution in [2.45, 2.75) is 0 Å². The highest BCUT2D eigenvalue weighted by atomic mass is 16.5. The van der Waals surface area contributed by atoms with Crippen LogP contribution in [0.15, 0.2) is 54.7 Å². The van der Waals surface area contributed by atoms with Crippen molar-refractivity contribution in [1.29, 1.82) is 0 Å². The van der Waals surface area contributed by atoms with Crippen molar-refractivity contribution >= 4 is 11.6 Å². The van der Waals surface area contributed by atoms with E-state index in [1.165, 1.54) is 19.4 Å². The van der Waals surface area contributed by atoms with Gasteiger partial charge in [0.1, 0.15) is 11.5 Å². The zero-order valence-corrected chi connectivity index (χ0v) is 13.4. The van der Waals surface area contributed by atoms with Crippen LogP contribution in [-0.4, -0.2) is 27.9 Å². The van der Waals surface area contributed by atoms with Crippen LogP contribution in [0.25, 0.3) is 11.3 Å². The van der Waals surface area contributed by atoms with Gasteiger partial charge in [-0.25, -0.2) is 0 Å². The third kappa shape index (κ3) is 2.94. The summed E-state index contributed by atoms with van der Waals surface area (Å²) in [4.78, 5) is 12.7. The number of nitrogens with zero attached hydrogens (tertiary/aromatic N) is 2. The molecule has 0 fully saturated rings. The number of aromatic nitrogens is 2. The number of benzene rings is 2. The van der Waals surface area contributed by atoms with Crippen molar-refractivity contribution in [3.8, 4) is 22.8 Å². The summed E-state index contributed by atoms with van der Waals surface area (Å²) in [7, 11) is 3.30. The molecule has 3 rings (SSSR count). The molecule has 1 heterocycles. The average molecular weight is 323 g/mol. The van der Waals surface area contributed by atoms with E-state index in [2.05, 4.69) is 10.4 Å². The van der Waals surface area contributed by atoms with Gasteiger partial charge in [-0.2, -0.15) is 5.10 Å². The second kappa shape index (κ2) is 6.45. The Kier molecular flexibility index (Phi) is 4.20. The summed E-state index contributed by atoms with van der Waals surface area (Å²) in [6.07, 6.45) is 1.51. The van der Waals surface area contributed by atoms with E-state index in [-0.39, 0.29) is 17.3 Å². The van der Waals surface area contributed by atoms with Gasteiger partial charge in [0.25, 0.3) is 5.91 Å². The van der Waals surface area contributed by atoms with Crippen LogP contribution < -0.4 is 10.1 Å². The molecule has 6 nitrogen and oxygen atoms in total. The molecule has 24 heavy (non-hydrogen) atoms. The molecule has 0 unspecified atom stereocenters. The molecule has 0 atom stereocenters. The monoisotopic (exact) mass is 323 g/mol. The van der Waals surface area contributed by atoms with Crippen LogP contribution in [0, 0.1) is 0 Å². The molecule has 0 aliphatic rings. The fourth-order valence-electron chi connectivity index (χ4n) is 2.47. The van der Waals surface area contributed by atoms with Gasteiger partial charge in [0.05, 0.1) is 30.3 Å². The van der Waals surface area contributed by atoms with Gasteiger partial charge in [-0.1, -0.05) is 30.3 Å². The predicted molar refractivity (Wildman–Crippen MR) is 91.3 cm³/mol. The molecule has 0 radical (unpaired) electrons. The highest BCUT2D eigenvalue weighted by molar-refractivity contribution is 6.08. The third-order valence-corrected chi connectivity index (χ3v) is 3.68. The van der Waals surface area contributed by atoms with Gasteiger partial charge in [0, 0.05) is 18.7 Å². The lowest BCUT2D eigenvalue weighted by molar-refractivity contribution is 0.102. The maximum absolute atomic E-state index is 12.7. The first-order chi connectivity index (χ1) is 11.6. The maximum atomic E-state index is 12.7. The molecule has 2 aromatic carbocycles. The smallest absolute Gasteiger partial charge is 0.259 e. The Bertz CT molecular complexity index is 872. The number of hydrogen-bond donors (Lipinski definition) is 2. The standard InChI is InChI=1S/C18H17N3O3/c1-21-17(12-6-4-3-5-7-12)14(11-19-21)18(23)20-15-10-13(24-2)8-9-16(15)22/h3-11,22H,1-2H3,(H,20,23). The van der Waals surface area contributed by atoms with Gasteiger partial charge >= 0.3 is 0 Å². The normalized spacial score (nSPS) is 10.4. The molecule has 1 amide bonds. The fourth-order valence-corrected chi connectivity index (χ4v) is 2.47. The summed E-state index contributed by atoms with van der Waals surface area (Å²) < 4.78 is 6.76. The minimum Gasteiger partial charge on any atom is -0.506 e. The van der Waals surface area contributed by atoms with Crippen molar-refractivity contribution in [2.75, 3.05) is 12.4 Å². The number of carbonyl (C=O) groups excluding carboxylic acids is 1. The van der Waals surface area contributed by atoms with Gasteiger partial charge in [0.15, 0.2) is 0 Å². The topological polar surface area (TPSA) is 76.4 Å². The average Bonchev–Trinajstić information content (AvgIpc) is 2.99. The molecule has 2 N–H and O–H groups in total. The predicted octanol–water partition coefficient (Wildman–Crippen LogP) is 3.05. The van der Waals surface area contributed by atoms with E-state index in [0.29, 0.717) is 17.0 Å². The number of ether oxygens (including phenoxy) is 1. The Hall–Kier alpha value is -3.28. The Balaban J connectivity index is 1.95. The molecule has 0 spiro atoms. The van der Waals surface area contributed by atoms with E-state index in [4.69, 9.17) is 4.74 Å². The zero-order chi connectivity index (χ0) is 17.1. The molecule has 0 saturated heterocycles. The Morgan fingerprint density at radius 3 is 2.67 bits per heavy atom. The minimum absolute atomic E-state index is 0.0331. The number of methoxy groups -OCH3 is 1. The number of rotatable bonds is 4. The lowest BCUT2D eigenvalue weighted by Crippen LogP contribution is -2.13. The number of phenols is 1. The van der Waals surface area contributed by atoms with Crippen LogP contribution in [0.5, 0.6) is 11.5 Å². The fraction of sp³-hybridized carbons (Fsp3) is 0.111. The lowest BCUT2D eigenvalue weighted by Gasteiger charge is -2.10. The molecule has 122 valence electrons. The van der Waals surface area contributed by atoms with Crippen molar-refractivity contribution in [2.24, 2.45) is 7.05 Å². The summed E-state index contributed by atoms with van der Waals surface area (Å²) in [5.41, 5.74) is 2.29. The van der Waals surface area contributed by atoms with Gasteiger partial charge in [-0.05, 0) is 12.1 Å². The van der Waals surface area contributed by atoms with Gasteiger partial charge in [0.2, 0.25) is 0 Å². The highest BCUT2D eigenvalue weighted by Gasteiger charge is 2.18. The molecule has 0 aliphatic carbocycles. The van der Waals surface area contributed by atoms with Crippen LogP contribution in [0.1, 0.15) is 10.4 Å². The maximum Gasteiger partial charge on any atom is 0.259 e. The summed E-state index contributed by atoms with van der Waals surface area (Å²) >= 11 is 0. The number of hydrogen-bond acceptors (Lipinski definition) is 4. The van der Waals surface area contributed by atoms with Crippen LogP contribution in [0.4, 0.5) is 5.69 Å². The van der Waals surface area contributed by atoms with E-state index in [9.17, 15) is 9.90 Å². The van der Waals surface area contributed by atoms with Crippen LogP contribution in [0.2, 0.25) is 0 Å². The summed E-state index contributed by atoms with van der Waals surface area (Å²) in [6, 6.07) is 14.2. The Labute approximate surface area is 139 Å². The van der Waals surface area contributed by atoms with Gasteiger partial charge in [-0.3, -0.25) is 9.48 Å². The number of aryl methyl sites for hydroxylation is 1. The van der Waals surface area contributed by atoms with E-state index in [1.807, 2.05) is 30.3 Å². The second-order valence-corrected chi connectivity index (χ2v) is 5.23. The minimum atomic E-state index is -0.356. The van der Waals surface area contributed by atoms with Crippen molar-refractivity contribution in [1.82, 2.24) is 9.78 Å². The summed E-state index contributed by atoms with van der Waals surface area (Å²) in [6.45, 7) is 0. The Morgan fingerprint density at radius 1 is 1.21 bits per heavy atom. The van der Waals surface area contributed by atoms with E-state index in [0.717, 1.165) is 5.56 Å². The van der Waals surface area contributed by atoms with E-state index < -0.39 is 0 Å². The number of amides is 1.